The summed E-state index contributed by atoms with van der Waals surface area (Å²) in [5.41, 5.74) is 1.19. The van der Waals surface area contributed by atoms with Gasteiger partial charge in [0.2, 0.25) is 0 Å². The van der Waals surface area contributed by atoms with Crippen LogP contribution in [0.5, 0.6) is 0 Å². The van der Waals surface area contributed by atoms with Gasteiger partial charge in [-0.25, -0.2) is 9.37 Å². The molecule has 0 saturated heterocycles. The smallest absolute Gasteiger partial charge is 0.123 e. The van der Waals surface area contributed by atoms with Gasteiger partial charge in [-0.2, -0.15) is 0 Å². The molecule has 1 unspecified atom stereocenters. The Balaban J connectivity index is 1.60. The van der Waals surface area contributed by atoms with E-state index in [-0.39, 0.29) is 5.82 Å². The molecule has 0 radical (unpaired) electrons. The van der Waals surface area contributed by atoms with Gasteiger partial charge < -0.3 is 9.88 Å². The van der Waals surface area contributed by atoms with E-state index >= 15 is 0 Å². The summed E-state index contributed by atoms with van der Waals surface area (Å²) in [5.74, 6) is 0.532. The molecule has 1 saturated carbocycles. The first-order valence-corrected chi connectivity index (χ1v) is 6.77. The van der Waals surface area contributed by atoms with Crippen molar-refractivity contribution in [3.63, 3.8) is 0 Å². The summed E-state index contributed by atoms with van der Waals surface area (Å²) in [6.07, 6.45) is 8.11. The fourth-order valence-corrected chi connectivity index (χ4v) is 2.42. The van der Waals surface area contributed by atoms with Gasteiger partial charge in [-0.15, -0.1) is 0 Å². The molecule has 0 bridgehead atoms. The molecule has 1 aromatic carbocycles. The number of nitrogens with zero attached hydrogens (tertiary/aromatic N) is 2. The molecule has 0 amide bonds. The van der Waals surface area contributed by atoms with Crippen molar-refractivity contribution in [1.29, 1.82) is 0 Å². The van der Waals surface area contributed by atoms with E-state index in [9.17, 15) is 4.39 Å². The normalized spacial score (nSPS) is 16.5. The molecule has 1 aliphatic rings. The number of benzene rings is 1. The number of imidazole rings is 1. The van der Waals surface area contributed by atoms with Gasteiger partial charge in [0.25, 0.3) is 0 Å². The van der Waals surface area contributed by atoms with E-state index in [1.807, 2.05) is 24.7 Å². The zero-order chi connectivity index (χ0) is 13.1. The molecule has 2 aromatic rings. The molecular weight excluding hydrogens is 241 g/mol. The summed E-state index contributed by atoms with van der Waals surface area (Å²) in [7, 11) is 0. The van der Waals surface area contributed by atoms with Crippen molar-refractivity contribution in [3.05, 3.63) is 54.4 Å². The summed E-state index contributed by atoms with van der Waals surface area (Å²) >= 11 is 0. The highest BCUT2D eigenvalue weighted by Crippen LogP contribution is 2.40. The predicted octanol–water partition coefficient (Wildman–Crippen LogP) is 2.76. The Hall–Kier alpha value is -1.68. The Bertz CT molecular complexity index is 503. The molecule has 4 heteroatoms. The lowest BCUT2D eigenvalue weighted by atomic mass is 10.0. The second-order valence-electron chi connectivity index (χ2n) is 5.12. The molecule has 1 aliphatic carbocycles. The molecule has 19 heavy (non-hydrogen) atoms. The van der Waals surface area contributed by atoms with Crippen molar-refractivity contribution in [2.45, 2.75) is 25.4 Å². The first kappa shape index (κ1) is 12.4. The van der Waals surface area contributed by atoms with Gasteiger partial charge in [-0.1, -0.05) is 12.1 Å². The highest BCUT2D eigenvalue weighted by Gasteiger charge is 2.31. The third kappa shape index (κ3) is 3.20. The number of rotatable bonds is 6. The van der Waals surface area contributed by atoms with Gasteiger partial charge in [-0.05, 0) is 36.5 Å². The molecule has 1 atom stereocenters. The maximum absolute atomic E-state index is 13.0. The van der Waals surface area contributed by atoms with E-state index in [0.717, 1.165) is 13.1 Å². The third-order valence-electron chi connectivity index (χ3n) is 3.62. The van der Waals surface area contributed by atoms with E-state index in [4.69, 9.17) is 0 Å². The van der Waals surface area contributed by atoms with Crippen molar-refractivity contribution in [1.82, 2.24) is 14.9 Å². The molecule has 1 heterocycles. The minimum absolute atomic E-state index is 0.170. The molecular formula is C15H18FN3. The Kier molecular flexibility index (Phi) is 3.60. The SMILES string of the molecule is Fc1ccc(C(NCCn2ccnc2)C2CC2)cc1. The van der Waals surface area contributed by atoms with E-state index < -0.39 is 0 Å². The number of hydrogen-bond acceptors (Lipinski definition) is 2. The Labute approximate surface area is 112 Å². The fourth-order valence-electron chi connectivity index (χ4n) is 2.42. The van der Waals surface area contributed by atoms with Crippen LogP contribution >= 0.6 is 0 Å². The molecule has 3 nitrogen and oxygen atoms in total. The zero-order valence-electron chi connectivity index (χ0n) is 10.8. The van der Waals surface area contributed by atoms with Gasteiger partial charge >= 0.3 is 0 Å². The molecule has 3 rings (SSSR count). The van der Waals surface area contributed by atoms with E-state index in [1.54, 1.807) is 18.3 Å². The fraction of sp³-hybridized carbons (Fsp3) is 0.400. The van der Waals surface area contributed by atoms with E-state index in [0.29, 0.717) is 12.0 Å². The van der Waals surface area contributed by atoms with E-state index in [1.165, 1.54) is 18.4 Å². The average molecular weight is 259 g/mol. The Morgan fingerprint density at radius 3 is 2.74 bits per heavy atom. The van der Waals surface area contributed by atoms with Crippen LogP contribution in [0.1, 0.15) is 24.4 Å². The Morgan fingerprint density at radius 2 is 2.11 bits per heavy atom. The van der Waals surface area contributed by atoms with Crippen LogP contribution in [0.25, 0.3) is 0 Å². The molecule has 0 aliphatic heterocycles. The van der Waals surface area contributed by atoms with Crippen LogP contribution in [0.3, 0.4) is 0 Å². The minimum Gasteiger partial charge on any atom is -0.336 e. The number of hydrogen-bond donors (Lipinski definition) is 1. The predicted molar refractivity (Wildman–Crippen MR) is 72.1 cm³/mol. The number of nitrogens with one attached hydrogen (secondary N) is 1. The van der Waals surface area contributed by atoms with Gasteiger partial charge in [0.1, 0.15) is 5.82 Å². The van der Waals surface area contributed by atoms with Crippen LogP contribution in [0.2, 0.25) is 0 Å². The summed E-state index contributed by atoms with van der Waals surface area (Å²) in [6, 6.07) is 7.22. The largest absolute Gasteiger partial charge is 0.336 e. The lowest BCUT2D eigenvalue weighted by molar-refractivity contribution is 0.461. The van der Waals surface area contributed by atoms with Gasteiger partial charge in [0.15, 0.2) is 0 Å². The van der Waals surface area contributed by atoms with Crippen molar-refractivity contribution in [3.8, 4) is 0 Å². The molecule has 100 valence electrons. The van der Waals surface area contributed by atoms with Gasteiger partial charge in [-0.3, -0.25) is 0 Å². The minimum atomic E-state index is -0.170. The molecule has 1 fully saturated rings. The quantitative estimate of drug-likeness (QED) is 0.864. The first-order valence-electron chi connectivity index (χ1n) is 6.77. The maximum atomic E-state index is 13.0. The summed E-state index contributed by atoms with van der Waals surface area (Å²) < 4.78 is 15.0. The third-order valence-corrected chi connectivity index (χ3v) is 3.62. The average Bonchev–Trinajstić information content (AvgIpc) is 3.13. The summed E-state index contributed by atoms with van der Waals surface area (Å²) in [4.78, 5) is 4.03. The van der Waals surface area contributed by atoms with Crippen molar-refractivity contribution in [2.75, 3.05) is 6.54 Å². The second-order valence-corrected chi connectivity index (χ2v) is 5.12. The molecule has 1 N–H and O–H groups in total. The van der Waals surface area contributed by atoms with Crippen LogP contribution < -0.4 is 5.32 Å². The standard InChI is InChI=1S/C15H18FN3/c16-14-5-3-13(4-6-14)15(12-1-2-12)18-8-10-19-9-7-17-11-19/h3-7,9,11-12,15,18H,1-2,8,10H2. The highest BCUT2D eigenvalue weighted by atomic mass is 19.1. The summed E-state index contributed by atoms with van der Waals surface area (Å²) in [5, 5.41) is 3.58. The van der Waals surface area contributed by atoms with Crippen LogP contribution in [0.15, 0.2) is 43.0 Å². The second kappa shape index (κ2) is 5.53. The Morgan fingerprint density at radius 1 is 1.32 bits per heavy atom. The number of halogens is 1. The van der Waals surface area contributed by atoms with Crippen LogP contribution in [-0.4, -0.2) is 16.1 Å². The maximum Gasteiger partial charge on any atom is 0.123 e. The van der Waals surface area contributed by atoms with Gasteiger partial charge in [0, 0.05) is 31.5 Å². The zero-order valence-corrected chi connectivity index (χ0v) is 10.8. The van der Waals surface area contributed by atoms with Crippen molar-refractivity contribution >= 4 is 0 Å². The highest BCUT2D eigenvalue weighted by molar-refractivity contribution is 5.21. The first-order chi connectivity index (χ1) is 9.33. The van der Waals surface area contributed by atoms with Crippen LogP contribution in [-0.2, 0) is 6.54 Å². The van der Waals surface area contributed by atoms with Gasteiger partial charge in [0.05, 0.1) is 6.33 Å². The summed E-state index contributed by atoms with van der Waals surface area (Å²) in [6.45, 7) is 1.80. The van der Waals surface area contributed by atoms with Crippen LogP contribution in [0, 0.1) is 11.7 Å². The lowest BCUT2D eigenvalue weighted by Gasteiger charge is -2.19. The number of aromatic nitrogens is 2. The lowest BCUT2D eigenvalue weighted by Crippen LogP contribution is -2.26. The van der Waals surface area contributed by atoms with Crippen molar-refractivity contribution < 1.29 is 4.39 Å². The van der Waals surface area contributed by atoms with Crippen molar-refractivity contribution in [2.24, 2.45) is 5.92 Å². The van der Waals surface area contributed by atoms with Crippen LogP contribution in [0.4, 0.5) is 4.39 Å². The topological polar surface area (TPSA) is 29.9 Å². The molecule has 0 spiro atoms. The molecule has 1 aromatic heterocycles. The monoisotopic (exact) mass is 259 g/mol. The van der Waals surface area contributed by atoms with E-state index in [2.05, 4.69) is 14.9 Å².